The summed E-state index contributed by atoms with van der Waals surface area (Å²) in [5.74, 6) is 0. The maximum absolute atomic E-state index is 9.26. The van der Waals surface area contributed by atoms with Crippen LogP contribution in [0.25, 0.3) is 0 Å². The molecule has 2 N–H and O–H groups in total. The maximum Gasteiger partial charge on any atom is 0.0504 e. The highest BCUT2D eigenvalue weighted by Crippen LogP contribution is 2.40. The largest absolute Gasteiger partial charge is 0.396 e. The quantitative estimate of drug-likeness (QED) is 0.762. The monoisotopic (exact) mass is 192 g/mol. The number of nitrogens with one attached hydrogen (secondary N) is 1. The lowest BCUT2D eigenvalue weighted by molar-refractivity contribution is 0.0576. The second-order valence-corrected chi connectivity index (χ2v) is 4.10. The molecule has 0 saturated heterocycles. The Balaban J connectivity index is 1.88. The van der Waals surface area contributed by atoms with Gasteiger partial charge in [-0.2, -0.15) is 0 Å². The van der Waals surface area contributed by atoms with Crippen LogP contribution in [-0.2, 0) is 0 Å². The van der Waals surface area contributed by atoms with Crippen molar-refractivity contribution >= 4 is 5.69 Å². The van der Waals surface area contributed by atoms with E-state index in [1.54, 1.807) is 12.4 Å². The lowest BCUT2D eigenvalue weighted by Gasteiger charge is -2.40. The Bertz CT molecular complexity index is 277. The molecule has 1 heterocycles. The molecule has 1 saturated carbocycles. The lowest BCUT2D eigenvalue weighted by atomic mass is 9.69. The predicted octanol–water partition coefficient (Wildman–Crippen LogP) is 1.66. The van der Waals surface area contributed by atoms with Crippen LogP contribution < -0.4 is 5.32 Å². The van der Waals surface area contributed by atoms with E-state index in [0.717, 1.165) is 25.1 Å². The summed E-state index contributed by atoms with van der Waals surface area (Å²) < 4.78 is 0. The zero-order chi connectivity index (χ0) is 9.86. The van der Waals surface area contributed by atoms with Crippen LogP contribution in [0.3, 0.4) is 0 Å². The molecule has 2 rings (SSSR count). The van der Waals surface area contributed by atoms with Crippen molar-refractivity contribution in [1.82, 2.24) is 4.98 Å². The van der Waals surface area contributed by atoms with Crippen LogP contribution in [0.4, 0.5) is 5.69 Å². The summed E-state index contributed by atoms with van der Waals surface area (Å²) in [6, 6.07) is 3.90. The number of pyridine rings is 1. The Labute approximate surface area is 84.2 Å². The van der Waals surface area contributed by atoms with Gasteiger partial charge in [0, 0.05) is 30.0 Å². The highest BCUT2D eigenvalue weighted by molar-refractivity contribution is 5.41. The van der Waals surface area contributed by atoms with E-state index < -0.39 is 0 Å². The van der Waals surface area contributed by atoms with E-state index in [4.69, 9.17) is 0 Å². The molecular formula is C11H16N2O. The number of nitrogens with zero attached hydrogens (tertiary/aromatic N) is 1. The van der Waals surface area contributed by atoms with Crippen LogP contribution in [0, 0.1) is 5.41 Å². The molecule has 1 aromatic heterocycles. The van der Waals surface area contributed by atoms with Gasteiger partial charge in [0.25, 0.3) is 0 Å². The van der Waals surface area contributed by atoms with E-state index in [9.17, 15) is 5.11 Å². The van der Waals surface area contributed by atoms with Crippen LogP contribution in [0.15, 0.2) is 24.5 Å². The SMILES string of the molecule is OCC1(CNc2ccncc2)CCC1. The third-order valence-corrected chi connectivity index (χ3v) is 3.10. The van der Waals surface area contributed by atoms with Crippen LogP contribution >= 0.6 is 0 Å². The predicted molar refractivity (Wildman–Crippen MR) is 56.1 cm³/mol. The van der Waals surface area contributed by atoms with Gasteiger partial charge in [0.2, 0.25) is 0 Å². The summed E-state index contributed by atoms with van der Waals surface area (Å²) in [7, 11) is 0. The first kappa shape index (κ1) is 9.46. The van der Waals surface area contributed by atoms with Gasteiger partial charge in [-0.1, -0.05) is 6.42 Å². The van der Waals surface area contributed by atoms with E-state index in [1.807, 2.05) is 12.1 Å². The molecule has 14 heavy (non-hydrogen) atoms. The third-order valence-electron chi connectivity index (χ3n) is 3.10. The van der Waals surface area contributed by atoms with Crippen molar-refractivity contribution < 1.29 is 5.11 Å². The lowest BCUT2D eigenvalue weighted by Crippen LogP contribution is -2.39. The third kappa shape index (κ3) is 1.87. The van der Waals surface area contributed by atoms with Crippen LogP contribution in [0.2, 0.25) is 0 Å². The first-order valence-corrected chi connectivity index (χ1v) is 5.09. The summed E-state index contributed by atoms with van der Waals surface area (Å²) in [4.78, 5) is 3.95. The van der Waals surface area contributed by atoms with E-state index in [0.29, 0.717) is 6.61 Å². The molecule has 0 aliphatic heterocycles. The van der Waals surface area contributed by atoms with Gasteiger partial charge >= 0.3 is 0 Å². The standard InChI is InChI=1S/C11H16N2O/c14-9-11(4-1-5-11)8-13-10-2-6-12-7-3-10/h2-3,6-7,14H,1,4-5,8-9H2,(H,12,13). The van der Waals surface area contributed by atoms with Gasteiger partial charge in [0.1, 0.15) is 0 Å². The van der Waals surface area contributed by atoms with Crippen molar-refractivity contribution in [3.63, 3.8) is 0 Å². The molecule has 1 aliphatic rings. The zero-order valence-corrected chi connectivity index (χ0v) is 8.24. The van der Waals surface area contributed by atoms with E-state index in [-0.39, 0.29) is 5.41 Å². The average Bonchev–Trinajstić information content (AvgIpc) is 2.19. The molecule has 0 amide bonds. The van der Waals surface area contributed by atoms with E-state index in [2.05, 4.69) is 10.3 Å². The molecule has 3 heteroatoms. The molecule has 0 atom stereocenters. The van der Waals surface area contributed by atoms with Crippen LogP contribution in [-0.4, -0.2) is 23.2 Å². The molecule has 0 radical (unpaired) electrons. The molecule has 0 unspecified atom stereocenters. The fourth-order valence-corrected chi connectivity index (χ4v) is 1.83. The maximum atomic E-state index is 9.26. The fraction of sp³-hybridized carbons (Fsp3) is 0.545. The smallest absolute Gasteiger partial charge is 0.0504 e. The molecule has 0 spiro atoms. The summed E-state index contributed by atoms with van der Waals surface area (Å²) in [5, 5.41) is 12.6. The van der Waals surface area contributed by atoms with Crippen molar-refractivity contribution in [2.75, 3.05) is 18.5 Å². The average molecular weight is 192 g/mol. The van der Waals surface area contributed by atoms with Gasteiger partial charge in [-0.15, -0.1) is 0 Å². The Morgan fingerprint density at radius 3 is 2.57 bits per heavy atom. The highest BCUT2D eigenvalue weighted by atomic mass is 16.3. The van der Waals surface area contributed by atoms with Gasteiger partial charge in [-0.05, 0) is 25.0 Å². The van der Waals surface area contributed by atoms with Crippen LogP contribution in [0.1, 0.15) is 19.3 Å². The Morgan fingerprint density at radius 1 is 1.36 bits per heavy atom. The Hall–Kier alpha value is -1.09. The molecule has 0 bridgehead atoms. The second kappa shape index (κ2) is 3.96. The number of aliphatic hydroxyl groups excluding tert-OH is 1. The fourth-order valence-electron chi connectivity index (χ4n) is 1.83. The molecule has 0 aromatic carbocycles. The van der Waals surface area contributed by atoms with Crippen LogP contribution in [0.5, 0.6) is 0 Å². The number of rotatable bonds is 4. The van der Waals surface area contributed by atoms with Gasteiger partial charge in [-0.25, -0.2) is 0 Å². The van der Waals surface area contributed by atoms with Crippen molar-refractivity contribution in [1.29, 1.82) is 0 Å². The molecule has 3 nitrogen and oxygen atoms in total. The Kier molecular flexibility index (Phi) is 2.68. The summed E-state index contributed by atoms with van der Waals surface area (Å²) >= 11 is 0. The minimum Gasteiger partial charge on any atom is -0.396 e. The summed E-state index contributed by atoms with van der Waals surface area (Å²) in [6.07, 6.45) is 7.07. The minimum absolute atomic E-state index is 0.142. The second-order valence-electron chi connectivity index (χ2n) is 4.10. The van der Waals surface area contributed by atoms with E-state index in [1.165, 1.54) is 6.42 Å². The number of aromatic nitrogens is 1. The first-order valence-electron chi connectivity index (χ1n) is 5.09. The number of hydrogen-bond acceptors (Lipinski definition) is 3. The number of anilines is 1. The summed E-state index contributed by atoms with van der Waals surface area (Å²) in [6.45, 7) is 1.17. The van der Waals surface area contributed by atoms with Gasteiger partial charge in [0.05, 0.1) is 6.61 Å². The number of aliphatic hydroxyl groups is 1. The molecule has 1 aromatic rings. The minimum atomic E-state index is 0.142. The molecule has 76 valence electrons. The molecular weight excluding hydrogens is 176 g/mol. The van der Waals surface area contributed by atoms with E-state index >= 15 is 0 Å². The number of hydrogen-bond donors (Lipinski definition) is 2. The Morgan fingerprint density at radius 2 is 2.07 bits per heavy atom. The van der Waals surface area contributed by atoms with Gasteiger partial charge in [0.15, 0.2) is 0 Å². The van der Waals surface area contributed by atoms with Crippen molar-refractivity contribution in [3.05, 3.63) is 24.5 Å². The highest BCUT2D eigenvalue weighted by Gasteiger charge is 2.35. The normalized spacial score (nSPS) is 18.6. The molecule has 1 aliphatic carbocycles. The zero-order valence-electron chi connectivity index (χ0n) is 8.24. The summed E-state index contributed by atoms with van der Waals surface area (Å²) in [5.41, 5.74) is 1.23. The first-order chi connectivity index (χ1) is 6.85. The van der Waals surface area contributed by atoms with Gasteiger partial charge in [-0.3, -0.25) is 4.98 Å². The topological polar surface area (TPSA) is 45.1 Å². The van der Waals surface area contributed by atoms with Gasteiger partial charge < -0.3 is 10.4 Å². The van der Waals surface area contributed by atoms with Crippen molar-refractivity contribution in [3.8, 4) is 0 Å². The van der Waals surface area contributed by atoms with Crippen molar-refractivity contribution in [2.45, 2.75) is 19.3 Å². The molecule has 1 fully saturated rings. The van der Waals surface area contributed by atoms with Crippen molar-refractivity contribution in [2.24, 2.45) is 5.41 Å².